The van der Waals surface area contributed by atoms with Crippen molar-refractivity contribution >= 4 is 16.9 Å². The Morgan fingerprint density at radius 1 is 1.11 bits per heavy atom. The van der Waals surface area contributed by atoms with Gasteiger partial charge in [0.25, 0.3) is 0 Å². The van der Waals surface area contributed by atoms with Crippen LogP contribution in [0.4, 0.5) is 0 Å². The maximum atomic E-state index is 13.0. The van der Waals surface area contributed by atoms with Crippen LogP contribution in [-0.4, -0.2) is 57.5 Å². The maximum absolute atomic E-state index is 13.0. The van der Waals surface area contributed by atoms with Crippen LogP contribution in [0.15, 0.2) is 30.6 Å². The minimum Gasteiger partial charge on any atom is -0.342 e. The molecule has 5 heteroatoms. The fourth-order valence-corrected chi connectivity index (χ4v) is 4.69. The number of rotatable bonds is 4. The average molecular weight is 369 g/mol. The Balaban J connectivity index is 1.31. The minimum absolute atomic E-state index is 0.0185. The Morgan fingerprint density at radius 2 is 1.81 bits per heavy atom. The number of hydrogen-bond acceptors (Lipinski definition) is 3. The van der Waals surface area contributed by atoms with Crippen molar-refractivity contribution in [2.24, 2.45) is 11.8 Å². The van der Waals surface area contributed by atoms with E-state index in [2.05, 4.69) is 39.3 Å². The number of hydrogen-bond donors (Lipinski definition) is 0. The highest BCUT2D eigenvalue weighted by atomic mass is 16.2. The number of carbonyl (C=O) groups excluding carboxylic acids is 1. The molecule has 2 aromatic rings. The highest BCUT2D eigenvalue weighted by Gasteiger charge is 2.30. The van der Waals surface area contributed by atoms with Gasteiger partial charge in [0.05, 0.1) is 23.3 Å². The van der Waals surface area contributed by atoms with Crippen molar-refractivity contribution in [3.63, 3.8) is 0 Å². The van der Waals surface area contributed by atoms with Crippen molar-refractivity contribution in [3.8, 4) is 0 Å². The van der Waals surface area contributed by atoms with Gasteiger partial charge in [-0.3, -0.25) is 4.79 Å². The van der Waals surface area contributed by atoms with Crippen LogP contribution in [0.2, 0.25) is 0 Å². The monoisotopic (exact) mass is 368 g/mol. The second kappa shape index (κ2) is 8.01. The fourth-order valence-electron chi connectivity index (χ4n) is 4.69. The van der Waals surface area contributed by atoms with Gasteiger partial charge in [0.15, 0.2) is 0 Å². The fraction of sp³-hybridized carbons (Fsp3) is 0.636. The van der Waals surface area contributed by atoms with Crippen molar-refractivity contribution in [1.82, 2.24) is 19.4 Å². The number of fused-ring (bicyclic) bond motifs is 1. The first-order valence-electron chi connectivity index (χ1n) is 10.5. The van der Waals surface area contributed by atoms with E-state index in [-0.39, 0.29) is 5.92 Å². The van der Waals surface area contributed by atoms with E-state index in [9.17, 15) is 4.79 Å². The van der Waals surface area contributed by atoms with Gasteiger partial charge in [-0.15, -0.1) is 0 Å². The number of likely N-dealkylation sites (tertiary alicyclic amines) is 2. The van der Waals surface area contributed by atoms with Crippen LogP contribution in [-0.2, 0) is 11.3 Å². The Kier molecular flexibility index (Phi) is 5.48. The molecule has 5 nitrogen and oxygen atoms in total. The highest BCUT2D eigenvalue weighted by molar-refractivity contribution is 5.79. The topological polar surface area (TPSA) is 41.4 Å². The molecule has 2 aliphatic rings. The summed E-state index contributed by atoms with van der Waals surface area (Å²) in [6.07, 6.45) is 6.77. The summed E-state index contributed by atoms with van der Waals surface area (Å²) in [6, 6.07) is 8.80. The zero-order valence-electron chi connectivity index (χ0n) is 16.7. The molecule has 2 aliphatic heterocycles. The number of benzene rings is 1. The van der Waals surface area contributed by atoms with E-state index in [0.717, 1.165) is 42.9 Å². The Hall–Kier alpha value is -1.88. The van der Waals surface area contributed by atoms with Crippen LogP contribution in [0.25, 0.3) is 11.0 Å². The Labute approximate surface area is 162 Å². The molecule has 2 saturated heterocycles. The molecule has 1 aromatic carbocycles. The molecule has 2 fully saturated rings. The molecule has 0 aliphatic carbocycles. The lowest BCUT2D eigenvalue weighted by Crippen LogP contribution is -2.50. The summed E-state index contributed by atoms with van der Waals surface area (Å²) in [5.41, 5.74) is 2.10. The summed E-state index contributed by atoms with van der Waals surface area (Å²) in [6.45, 7) is 9.41. The van der Waals surface area contributed by atoms with Crippen molar-refractivity contribution in [1.29, 1.82) is 0 Å². The number of amides is 1. The van der Waals surface area contributed by atoms with Gasteiger partial charge >= 0.3 is 0 Å². The predicted octanol–water partition coefficient (Wildman–Crippen LogP) is 3.40. The molecular weight excluding hydrogens is 336 g/mol. The van der Waals surface area contributed by atoms with Crippen LogP contribution in [0.3, 0.4) is 0 Å². The Morgan fingerprint density at radius 3 is 2.56 bits per heavy atom. The van der Waals surface area contributed by atoms with Crippen LogP contribution in [0.1, 0.15) is 39.5 Å². The second-order valence-electron chi connectivity index (χ2n) is 8.56. The summed E-state index contributed by atoms with van der Waals surface area (Å²) in [7, 11) is 0. The SMILES string of the molecule is CC1CCN(C2CCN(C(=O)C(C)Cn3cnc4ccccc43)CC2)CC1. The zero-order chi connectivity index (χ0) is 18.8. The van der Waals surface area contributed by atoms with E-state index in [0.29, 0.717) is 18.5 Å². The standard InChI is InChI=1S/C22H32N4O/c1-17-7-11-24(12-8-17)19-9-13-25(14-10-19)22(27)18(2)15-26-16-23-20-5-3-4-6-21(20)26/h3-6,16-19H,7-15H2,1-2H3. The largest absolute Gasteiger partial charge is 0.342 e. The van der Waals surface area contributed by atoms with Gasteiger partial charge in [-0.1, -0.05) is 26.0 Å². The van der Waals surface area contributed by atoms with Gasteiger partial charge in [-0.25, -0.2) is 4.98 Å². The summed E-state index contributed by atoms with van der Waals surface area (Å²) in [5, 5.41) is 0. The van der Waals surface area contributed by atoms with E-state index in [1.165, 1.54) is 25.9 Å². The van der Waals surface area contributed by atoms with Crippen molar-refractivity contribution in [2.45, 2.75) is 52.1 Å². The first kappa shape index (κ1) is 18.5. The lowest BCUT2D eigenvalue weighted by Gasteiger charge is -2.41. The number of aromatic nitrogens is 2. The van der Waals surface area contributed by atoms with Gasteiger partial charge in [-0.2, -0.15) is 0 Å². The van der Waals surface area contributed by atoms with E-state index in [1.807, 2.05) is 24.5 Å². The number of piperidine rings is 2. The van der Waals surface area contributed by atoms with Crippen molar-refractivity contribution in [2.75, 3.05) is 26.2 Å². The lowest BCUT2D eigenvalue weighted by atomic mass is 9.94. The van der Waals surface area contributed by atoms with Gasteiger partial charge in [-0.05, 0) is 56.8 Å². The maximum Gasteiger partial charge on any atom is 0.227 e. The second-order valence-corrected chi connectivity index (χ2v) is 8.56. The lowest BCUT2D eigenvalue weighted by molar-refractivity contribution is -0.137. The van der Waals surface area contributed by atoms with E-state index < -0.39 is 0 Å². The van der Waals surface area contributed by atoms with Gasteiger partial charge in [0, 0.05) is 25.7 Å². The van der Waals surface area contributed by atoms with Gasteiger partial charge in [0.2, 0.25) is 5.91 Å². The van der Waals surface area contributed by atoms with E-state index >= 15 is 0 Å². The molecule has 146 valence electrons. The van der Waals surface area contributed by atoms with E-state index in [1.54, 1.807) is 0 Å². The normalized spacial score (nSPS) is 21.6. The molecule has 1 amide bonds. The molecule has 1 aromatic heterocycles. The summed E-state index contributed by atoms with van der Waals surface area (Å²) < 4.78 is 2.11. The molecule has 1 atom stereocenters. The molecule has 27 heavy (non-hydrogen) atoms. The number of para-hydroxylation sites is 2. The summed E-state index contributed by atoms with van der Waals surface area (Å²) in [4.78, 5) is 22.2. The third-order valence-electron chi connectivity index (χ3n) is 6.53. The minimum atomic E-state index is -0.0185. The number of carbonyl (C=O) groups is 1. The van der Waals surface area contributed by atoms with Crippen molar-refractivity contribution in [3.05, 3.63) is 30.6 Å². The molecule has 0 bridgehead atoms. The molecular formula is C22H32N4O. The quantitative estimate of drug-likeness (QED) is 0.831. The first-order valence-corrected chi connectivity index (χ1v) is 10.5. The Bertz CT molecular complexity index is 769. The molecule has 0 N–H and O–H groups in total. The predicted molar refractivity (Wildman–Crippen MR) is 108 cm³/mol. The molecule has 0 radical (unpaired) electrons. The smallest absolute Gasteiger partial charge is 0.227 e. The third-order valence-corrected chi connectivity index (χ3v) is 6.53. The van der Waals surface area contributed by atoms with E-state index in [4.69, 9.17) is 0 Å². The molecule has 0 spiro atoms. The zero-order valence-corrected chi connectivity index (χ0v) is 16.7. The van der Waals surface area contributed by atoms with Crippen LogP contribution >= 0.6 is 0 Å². The molecule has 3 heterocycles. The average Bonchev–Trinajstić information content (AvgIpc) is 3.11. The highest BCUT2D eigenvalue weighted by Crippen LogP contribution is 2.24. The molecule has 0 saturated carbocycles. The van der Waals surface area contributed by atoms with Crippen LogP contribution in [0, 0.1) is 11.8 Å². The van der Waals surface area contributed by atoms with Crippen LogP contribution < -0.4 is 0 Å². The summed E-state index contributed by atoms with van der Waals surface area (Å²) in [5.74, 6) is 1.15. The molecule has 4 rings (SSSR count). The summed E-state index contributed by atoms with van der Waals surface area (Å²) >= 11 is 0. The first-order chi connectivity index (χ1) is 13.1. The van der Waals surface area contributed by atoms with Gasteiger partial charge < -0.3 is 14.4 Å². The van der Waals surface area contributed by atoms with Crippen LogP contribution in [0.5, 0.6) is 0 Å². The number of nitrogens with zero attached hydrogens (tertiary/aromatic N) is 4. The van der Waals surface area contributed by atoms with Gasteiger partial charge in [0.1, 0.15) is 0 Å². The third kappa shape index (κ3) is 4.03. The molecule has 1 unspecified atom stereocenters. The van der Waals surface area contributed by atoms with Crippen molar-refractivity contribution < 1.29 is 4.79 Å². The number of imidazole rings is 1.